The molecular weight excluding hydrogens is 338 g/mol. The summed E-state index contributed by atoms with van der Waals surface area (Å²) in [6.45, 7) is 0. The highest BCUT2D eigenvalue weighted by Gasteiger charge is 2.48. The average Bonchev–Trinajstić information content (AvgIpc) is 2.68. The predicted molar refractivity (Wildman–Crippen MR) is 107 cm³/mol. The number of rotatable bonds is 4. The zero-order chi connectivity index (χ0) is 18.9. The van der Waals surface area contributed by atoms with Crippen molar-refractivity contribution in [2.75, 3.05) is 11.9 Å². The van der Waals surface area contributed by atoms with E-state index < -0.39 is 0 Å². The Labute approximate surface area is 161 Å². The molecule has 2 aliphatic carbocycles. The molecule has 27 heavy (non-hydrogen) atoms. The number of anilines is 1. The van der Waals surface area contributed by atoms with E-state index in [0.717, 1.165) is 25.7 Å². The Balaban J connectivity index is 1.39. The lowest BCUT2D eigenvalue weighted by molar-refractivity contribution is -0.127. The van der Waals surface area contributed by atoms with Gasteiger partial charge in [-0.25, -0.2) is 0 Å². The summed E-state index contributed by atoms with van der Waals surface area (Å²) in [6.07, 6.45) is 10.8. The second kappa shape index (κ2) is 7.53. The van der Waals surface area contributed by atoms with Crippen molar-refractivity contribution in [1.29, 1.82) is 0 Å². The van der Waals surface area contributed by atoms with Crippen molar-refractivity contribution in [3.63, 3.8) is 0 Å². The molecule has 1 aromatic rings. The maximum Gasteiger partial charge on any atom is 0.251 e. The number of hydrogen-bond acceptors (Lipinski definition) is 3. The molecule has 3 fully saturated rings. The number of carbonyl (C=O) groups is 2. The molecule has 0 bridgehead atoms. The zero-order valence-corrected chi connectivity index (χ0v) is 16.3. The molecule has 0 unspecified atom stereocenters. The van der Waals surface area contributed by atoms with E-state index in [2.05, 4.69) is 34.7 Å². The Morgan fingerprint density at radius 3 is 2.41 bits per heavy atom. The Morgan fingerprint density at radius 2 is 1.78 bits per heavy atom. The van der Waals surface area contributed by atoms with Gasteiger partial charge in [-0.3, -0.25) is 9.59 Å². The van der Waals surface area contributed by atoms with Crippen LogP contribution in [0.15, 0.2) is 24.3 Å². The molecular formula is C22H31N3O2. The SMILES string of the molecule is CN(c1ccc(C(=O)N[C@H]2CCC(=O)NC23CCC3)cc1)C1CCCCC1. The van der Waals surface area contributed by atoms with Gasteiger partial charge >= 0.3 is 0 Å². The van der Waals surface area contributed by atoms with E-state index in [1.807, 2.05) is 12.1 Å². The standard InChI is InChI=1S/C22H31N3O2/c1-25(17-6-3-2-4-7-17)18-10-8-16(9-11-18)21(27)23-19-12-13-20(26)24-22(19)14-5-15-22/h8-11,17,19H,2-7,12-15H2,1H3,(H,23,27)(H,24,26)/t19-/m0/s1. The molecule has 1 spiro atoms. The quantitative estimate of drug-likeness (QED) is 0.855. The molecule has 2 N–H and O–H groups in total. The van der Waals surface area contributed by atoms with Gasteiger partial charge in [0.25, 0.3) is 5.91 Å². The van der Waals surface area contributed by atoms with Crippen LogP contribution in [0.5, 0.6) is 0 Å². The lowest BCUT2D eigenvalue weighted by Crippen LogP contribution is -2.68. The van der Waals surface area contributed by atoms with Crippen LogP contribution in [0.4, 0.5) is 5.69 Å². The Bertz CT molecular complexity index is 690. The summed E-state index contributed by atoms with van der Waals surface area (Å²) in [5, 5.41) is 6.33. The highest BCUT2D eigenvalue weighted by Crippen LogP contribution is 2.39. The summed E-state index contributed by atoms with van der Waals surface area (Å²) in [5.74, 6) is 0.0876. The van der Waals surface area contributed by atoms with Crippen molar-refractivity contribution in [3.8, 4) is 0 Å². The Kier molecular flexibility index (Phi) is 5.11. The summed E-state index contributed by atoms with van der Waals surface area (Å²) >= 11 is 0. The maximum atomic E-state index is 12.8. The lowest BCUT2D eigenvalue weighted by atomic mass is 9.68. The van der Waals surface area contributed by atoms with Crippen LogP contribution in [0.3, 0.4) is 0 Å². The van der Waals surface area contributed by atoms with Crippen molar-refractivity contribution >= 4 is 17.5 Å². The Morgan fingerprint density at radius 1 is 1.07 bits per heavy atom. The van der Waals surface area contributed by atoms with E-state index in [1.165, 1.54) is 37.8 Å². The molecule has 5 heteroatoms. The van der Waals surface area contributed by atoms with Gasteiger partial charge in [0, 0.05) is 30.8 Å². The summed E-state index contributed by atoms with van der Waals surface area (Å²) < 4.78 is 0. The third-order valence-electron chi connectivity index (χ3n) is 6.93. The smallest absolute Gasteiger partial charge is 0.251 e. The second-order valence-electron chi connectivity index (χ2n) is 8.57. The summed E-state index contributed by atoms with van der Waals surface area (Å²) in [5.41, 5.74) is 1.67. The highest BCUT2D eigenvalue weighted by molar-refractivity contribution is 5.95. The minimum Gasteiger partial charge on any atom is -0.372 e. The van der Waals surface area contributed by atoms with Gasteiger partial charge in [0.2, 0.25) is 5.91 Å². The number of benzene rings is 1. The van der Waals surface area contributed by atoms with Gasteiger partial charge in [0.15, 0.2) is 0 Å². The summed E-state index contributed by atoms with van der Waals surface area (Å²) in [6, 6.07) is 8.64. The van der Waals surface area contributed by atoms with Gasteiger partial charge in [-0.05, 0) is 62.8 Å². The minimum atomic E-state index is -0.202. The highest BCUT2D eigenvalue weighted by atomic mass is 16.2. The third-order valence-corrected chi connectivity index (χ3v) is 6.93. The van der Waals surface area contributed by atoms with E-state index >= 15 is 0 Å². The van der Waals surface area contributed by atoms with Crippen molar-refractivity contribution in [2.24, 2.45) is 0 Å². The van der Waals surface area contributed by atoms with E-state index in [-0.39, 0.29) is 23.4 Å². The van der Waals surface area contributed by atoms with Gasteiger partial charge < -0.3 is 15.5 Å². The molecule has 1 aliphatic heterocycles. The molecule has 1 atom stereocenters. The number of hydrogen-bond donors (Lipinski definition) is 2. The van der Waals surface area contributed by atoms with Crippen LogP contribution in [0.2, 0.25) is 0 Å². The first-order valence-corrected chi connectivity index (χ1v) is 10.5. The topological polar surface area (TPSA) is 61.4 Å². The van der Waals surface area contributed by atoms with Crippen LogP contribution in [0.25, 0.3) is 0 Å². The van der Waals surface area contributed by atoms with Crippen LogP contribution >= 0.6 is 0 Å². The number of carbonyl (C=O) groups excluding carboxylic acids is 2. The number of nitrogens with one attached hydrogen (secondary N) is 2. The van der Waals surface area contributed by atoms with Crippen LogP contribution in [0, 0.1) is 0 Å². The first-order valence-electron chi connectivity index (χ1n) is 10.5. The van der Waals surface area contributed by atoms with Crippen LogP contribution in [-0.2, 0) is 4.79 Å². The fourth-order valence-electron chi connectivity index (χ4n) is 4.99. The normalized spacial score (nSPS) is 24.8. The molecule has 0 radical (unpaired) electrons. The van der Waals surface area contributed by atoms with Crippen molar-refractivity contribution in [3.05, 3.63) is 29.8 Å². The van der Waals surface area contributed by atoms with Gasteiger partial charge in [-0.15, -0.1) is 0 Å². The molecule has 146 valence electrons. The summed E-state index contributed by atoms with van der Waals surface area (Å²) in [7, 11) is 2.16. The van der Waals surface area contributed by atoms with Crippen molar-refractivity contribution in [2.45, 2.75) is 81.8 Å². The van der Waals surface area contributed by atoms with Gasteiger partial charge in [0.1, 0.15) is 0 Å². The van der Waals surface area contributed by atoms with Crippen molar-refractivity contribution < 1.29 is 9.59 Å². The molecule has 3 aliphatic rings. The molecule has 1 heterocycles. The van der Waals surface area contributed by atoms with Crippen LogP contribution in [0.1, 0.15) is 74.6 Å². The van der Waals surface area contributed by atoms with Crippen LogP contribution in [-0.4, -0.2) is 36.5 Å². The largest absolute Gasteiger partial charge is 0.372 e. The minimum absolute atomic E-state index is 0.0331. The first-order chi connectivity index (χ1) is 13.1. The molecule has 1 saturated heterocycles. The number of piperidine rings is 1. The summed E-state index contributed by atoms with van der Waals surface area (Å²) in [4.78, 5) is 26.9. The van der Waals surface area contributed by atoms with E-state index in [1.54, 1.807) is 0 Å². The fraction of sp³-hybridized carbons (Fsp3) is 0.636. The molecule has 5 nitrogen and oxygen atoms in total. The monoisotopic (exact) mass is 369 g/mol. The third kappa shape index (κ3) is 3.69. The Hall–Kier alpha value is -2.04. The zero-order valence-electron chi connectivity index (χ0n) is 16.3. The van der Waals surface area contributed by atoms with Crippen molar-refractivity contribution in [1.82, 2.24) is 10.6 Å². The van der Waals surface area contributed by atoms with Gasteiger partial charge in [-0.2, -0.15) is 0 Å². The van der Waals surface area contributed by atoms with E-state index in [0.29, 0.717) is 18.0 Å². The van der Waals surface area contributed by atoms with Crippen LogP contribution < -0.4 is 15.5 Å². The lowest BCUT2D eigenvalue weighted by Gasteiger charge is -2.50. The van der Waals surface area contributed by atoms with E-state index in [9.17, 15) is 9.59 Å². The predicted octanol–water partition coefficient (Wildman–Crippen LogP) is 3.39. The molecule has 4 rings (SSSR count). The van der Waals surface area contributed by atoms with Gasteiger partial charge in [0.05, 0.1) is 11.6 Å². The van der Waals surface area contributed by atoms with Gasteiger partial charge in [-0.1, -0.05) is 19.3 Å². The number of nitrogens with zero attached hydrogens (tertiary/aromatic N) is 1. The molecule has 0 aromatic heterocycles. The number of amides is 2. The molecule has 2 amide bonds. The van der Waals surface area contributed by atoms with E-state index in [4.69, 9.17) is 0 Å². The molecule has 2 saturated carbocycles. The fourth-order valence-corrected chi connectivity index (χ4v) is 4.99. The maximum absolute atomic E-state index is 12.8. The second-order valence-corrected chi connectivity index (χ2v) is 8.57. The average molecular weight is 370 g/mol. The molecule has 1 aromatic carbocycles. The first kappa shape index (κ1) is 18.3.